The third kappa shape index (κ3) is 3.74. The topological polar surface area (TPSA) is 50.1 Å². The van der Waals surface area contributed by atoms with Crippen LogP contribution in [0.15, 0.2) is 18.2 Å². The monoisotopic (exact) mass is 331 g/mol. The molecule has 0 aliphatic carbocycles. The maximum atomic E-state index is 13.3. The van der Waals surface area contributed by atoms with E-state index in [0.717, 1.165) is 11.3 Å². The van der Waals surface area contributed by atoms with Gasteiger partial charge in [0.25, 0.3) is 0 Å². The van der Waals surface area contributed by atoms with Crippen molar-refractivity contribution in [1.29, 1.82) is 0 Å². The van der Waals surface area contributed by atoms with Crippen molar-refractivity contribution >= 4 is 23.2 Å². The summed E-state index contributed by atoms with van der Waals surface area (Å²) in [4.78, 5) is 0. The Morgan fingerprint density at radius 1 is 1.43 bits per heavy atom. The van der Waals surface area contributed by atoms with Gasteiger partial charge >= 0.3 is 0 Å². The lowest BCUT2D eigenvalue weighted by molar-refractivity contribution is 0.174. The molecule has 0 amide bonds. The van der Waals surface area contributed by atoms with Crippen LogP contribution >= 0.6 is 23.2 Å². The van der Waals surface area contributed by atoms with Crippen LogP contribution in [-0.2, 0) is 13.6 Å². The number of benzene rings is 1. The normalized spacial score (nSPS) is 12.7. The molecule has 2 aromatic rings. The zero-order chi connectivity index (χ0) is 15.6. The summed E-state index contributed by atoms with van der Waals surface area (Å²) in [6.45, 7) is 2.62. The first-order valence-electron chi connectivity index (χ1n) is 6.42. The SMILES string of the molecule is Cc1nn(C)c(Cl)c1CNCC(O)c1ccc(Cl)c(F)c1. The Hall–Kier alpha value is -1.14. The first-order chi connectivity index (χ1) is 9.90. The Labute approximate surface area is 132 Å². The first-order valence-corrected chi connectivity index (χ1v) is 7.17. The number of hydrogen-bond acceptors (Lipinski definition) is 3. The highest BCUT2D eigenvalue weighted by Crippen LogP contribution is 2.21. The predicted molar refractivity (Wildman–Crippen MR) is 81.0 cm³/mol. The average molecular weight is 332 g/mol. The van der Waals surface area contributed by atoms with Crippen LogP contribution in [0.3, 0.4) is 0 Å². The number of rotatable bonds is 5. The molecular formula is C14H16Cl2FN3O. The van der Waals surface area contributed by atoms with E-state index in [0.29, 0.717) is 17.3 Å². The van der Waals surface area contributed by atoms with Crippen LogP contribution in [0, 0.1) is 12.7 Å². The molecule has 1 aromatic carbocycles. The minimum atomic E-state index is -0.826. The standard InChI is InChI=1S/C14H16Cl2FN3O/c1-8-10(14(16)20(2)19-8)6-18-7-13(21)9-3-4-11(15)12(17)5-9/h3-5,13,18,21H,6-7H2,1-2H3. The molecular weight excluding hydrogens is 316 g/mol. The minimum absolute atomic E-state index is 0.0386. The van der Waals surface area contributed by atoms with Crippen LogP contribution < -0.4 is 5.32 Å². The summed E-state index contributed by atoms with van der Waals surface area (Å²) in [5, 5.41) is 17.9. The molecule has 2 N–H and O–H groups in total. The van der Waals surface area contributed by atoms with Crippen molar-refractivity contribution in [3.8, 4) is 0 Å². The highest BCUT2D eigenvalue weighted by atomic mass is 35.5. The quantitative estimate of drug-likeness (QED) is 0.885. The van der Waals surface area contributed by atoms with Crippen LogP contribution in [0.2, 0.25) is 10.2 Å². The summed E-state index contributed by atoms with van der Waals surface area (Å²) in [6.07, 6.45) is -0.826. The Kier molecular flexibility index (Phi) is 5.22. The molecule has 0 saturated carbocycles. The maximum absolute atomic E-state index is 13.3. The Balaban J connectivity index is 1.95. The minimum Gasteiger partial charge on any atom is -0.387 e. The Morgan fingerprint density at radius 2 is 2.14 bits per heavy atom. The molecule has 0 aliphatic rings. The molecule has 0 bridgehead atoms. The van der Waals surface area contributed by atoms with Crippen molar-refractivity contribution in [3.63, 3.8) is 0 Å². The number of aliphatic hydroxyl groups excluding tert-OH is 1. The Bertz CT molecular complexity index is 645. The molecule has 0 aliphatic heterocycles. The smallest absolute Gasteiger partial charge is 0.142 e. The van der Waals surface area contributed by atoms with Crippen LogP contribution in [0.25, 0.3) is 0 Å². The van der Waals surface area contributed by atoms with Crippen molar-refractivity contribution < 1.29 is 9.50 Å². The maximum Gasteiger partial charge on any atom is 0.142 e. The summed E-state index contributed by atoms with van der Waals surface area (Å²) in [5.41, 5.74) is 2.19. The van der Waals surface area contributed by atoms with Gasteiger partial charge in [-0.1, -0.05) is 29.3 Å². The number of aryl methyl sites for hydroxylation is 2. The molecule has 4 nitrogen and oxygen atoms in total. The third-order valence-corrected chi connectivity index (χ3v) is 4.02. The molecule has 1 atom stereocenters. The van der Waals surface area contributed by atoms with E-state index in [-0.39, 0.29) is 11.6 Å². The zero-order valence-corrected chi connectivity index (χ0v) is 13.2. The van der Waals surface area contributed by atoms with Crippen LogP contribution in [0.5, 0.6) is 0 Å². The van der Waals surface area contributed by atoms with Gasteiger partial charge in [0.15, 0.2) is 0 Å². The van der Waals surface area contributed by atoms with E-state index in [4.69, 9.17) is 23.2 Å². The lowest BCUT2D eigenvalue weighted by Gasteiger charge is -2.12. The summed E-state index contributed by atoms with van der Waals surface area (Å²) < 4.78 is 14.9. The van der Waals surface area contributed by atoms with E-state index in [1.165, 1.54) is 12.1 Å². The van der Waals surface area contributed by atoms with Gasteiger partial charge in [0.1, 0.15) is 11.0 Å². The van der Waals surface area contributed by atoms with Gasteiger partial charge in [-0.3, -0.25) is 4.68 Å². The highest BCUT2D eigenvalue weighted by molar-refractivity contribution is 6.30. The van der Waals surface area contributed by atoms with Crippen molar-refractivity contribution in [2.45, 2.75) is 19.6 Å². The van der Waals surface area contributed by atoms with Crippen molar-refractivity contribution in [3.05, 3.63) is 51.0 Å². The van der Waals surface area contributed by atoms with Gasteiger partial charge in [0, 0.05) is 25.7 Å². The third-order valence-electron chi connectivity index (χ3n) is 3.24. The van der Waals surface area contributed by atoms with Gasteiger partial charge in [0.05, 0.1) is 16.8 Å². The van der Waals surface area contributed by atoms with Gasteiger partial charge in [-0.2, -0.15) is 5.10 Å². The van der Waals surface area contributed by atoms with Crippen LogP contribution in [-0.4, -0.2) is 21.4 Å². The second-order valence-corrected chi connectivity index (χ2v) is 5.56. The predicted octanol–water partition coefficient (Wildman–Crippen LogP) is 3.00. The number of nitrogens with zero attached hydrogens (tertiary/aromatic N) is 2. The molecule has 1 heterocycles. The molecule has 7 heteroatoms. The van der Waals surface area contributed by atoms with Crippen molar-refractivity contribution in [2.24, 2.45) is 7.05 Å². The van der Waals surface area contributed by atoms with Crippen LogP contribution in [0.4, 0.5) is 4.39 Å². The number of aliphatic hydroxyl groups is 1. The van der Waals surface area contributed by atoms with Gasteiger partial charge in [-0.05, 0) is 24.6 Å². The molecule has 0 radical (unpaired) electrons. The summed E-state index contributed by atoms with van der Waals surface area (Å²) in [5.74, 6) is -0.542. The van der Waals surface area contributed by atoms with E-state index in [9.17, 15) is 9.50 Å². The second-order valence-electron chi connectivity index (χ2n) is 4.80. The molecule has 114 valence electrons. The largest absolute Gasteiger partial charge is 0.387 e. The fourth-order valence-corrected chi connectivity index (χ4v) is 2.40. The van der Waals surface area contributed by atoms with Gasteiger partial charge < -0.3 is 10.4 Å². The average Bonchev–Trinajstić information content (AvgIpc) is 2.68. The summed E-state index contributed by atoms with van der Waals surface area (Å²) in [7, 11) is 1.77. The summed E-state index contributed by atoms with van der Waals surface area (Å²) >= 11 is 11.7. The molecule has 0 fully saturated rings. The van der Waals surface area contributed by atoms with Gasteiger partial charge in [0.2, 0.25) is 0 Å². The molecule has 0 spiro atoms. The first kappa shape index (κ1) is 16.2. The molecule has 0 saturated heterocycles. The fourth-order valence-electron chi connectivity index (χ4n) is 2.05. The van der Waals surface area contributed by atoms with Gasteiger partial charge in [-0.15, -0.1) is 0 Å². The molecule has 21 heavy (non-hydrogen) atoms. The number of halogens is 3. The lowest BCUT2D eigenvalue weighted by Crippen LogP contribution is -2.21. The second kappa shape index (κ2) is 6.75. The summed E-state index contributed by atoms with van der Waals surface area (Å²) in [6, 6.07) is 4.26. The number of hydrogen-bond donors (Lipinski definition) is 2. The number of nitrogens with one attached hydrogen (secondary N) is 1. The molecule has 2 rings (SSSR count). The van der Waals surface area contributed by atoms with Gasteiger partial charge in [-0.25, -0.2) is 4.39 Å². The highest BCUT2D eigenvalue weighted by Gasteiger charge is 2.13. The van der Waals surface area contributed by atoms with Crippen LogP contribution in [0.1, 0.15) is 22.9 Å². The van der Waals surface area contributed by atoms with Crippen molar-refractivity contribution in [1.82, 2.24) is 15.1 Å². The fraction of sp³-hybridized carbons (Fsp3) is 0.357. The molecule has 1 unspecified atom stereocenters. The van der Waals surface area contributed by atoms with E-state index in [2.05, 4.69) is 10.4 Å². The van der Waals surface area contributed by atoms with Crippen molar-refractivity contribution in [2.75, 3.05) is 6.54 Å². The Morgan fingerprint density at radius 3 is 2.71 bits per heavy atom. The number of aromatic nitrogens is 2. The molecule has 1 aromatic heterocycles. The zero-order valence-electron chi connectivity index (χ0n) is 11.7. The van der Waals surface area contributed by atoms with E-state index >= 15 is 0 Å². The van der Waals surface area contributed by atoms with E-state index in [1.807, 2.05) is 6.92 Å². The lowest BCUT2D eigenvalue weighted by atomic mass is 10.1. The van der Waals surface area contributed by atoms with E-state index in [1.54, 1.807) is 17.8 Å². The van der Waals surface area contributed by atoms with E-state index < -0.39 is 11.9 Å².